The molecule has 0 aliphatic rings. The molecule has 0 aliphatic heterocycles. The van der Waals surface area contributed by atoms with E-state index in [-0.39, 0.29) is 0 Å². The predicted molar refractivity (Wildman–Crippen MR) is 66.5 cm³/mol. The number of rotatable bonds is 4. The predicted octanol–water partition coefficient (Wildman–Crippen LogP) is 2.27. The van der Waals surface area contributed by atoms with Crippen molar-refractivity contribution in [3.8, 4) is 5.88 Å². The van der Waals surface area contributed by atoms with Crippen molar-refractivity contribution in [2.24, 2.45) is 12.0 Å². The van der Waals surface area contributed by atoms with E-state index in [1.165, 1.54) is 0 Å². The molecule has 0 fully saturated rings. The summed E-state index contributed by atoms with van der Waals surface area (Å²) in [6.07, 6.45) is 3.36. The summed E-state index contributed by atoms with van der Waals surface area (Å²) in [4.78, 5) is 14.0. The summed E-state index contributed by atoms with van der Waals surface area (Å²) in [6, 6.07) is 7.33. The smallest absolute Gasteiger partial charge is 0.240 e. The fraction of sp³-hybridized carbons (Fsp3) is 0.231. The Hall–Kier alpha value is -2.39. The van der Waals surface area contributed by atoms with Gasteiger partial charge < -0.3 is 4.74 Å². The molecule has 2 aromatic rings. The molecular weight excluding hydrogens is 230 g/mol. The third kappa shape index (κ3) is 2.64. The van der Waals surface area contributed by atoms with Crippen molar-refractivity contribution >= 4 is 11.8 Å². The van der Waals surface area contributed by atoms with Crippen LogP contribution in [0.25, 0.3) is 0 Å². The van der Waals surface area contributed by atoms with Gasteiger partial charge in [0.1, 0.15) is 6.61 Å². The number of aryl methyl sites for hydroxylation is 2. The number of ether oxygens (including phenoxy) is 1. The molecule has 0 N–H and O–H groups in total. The molecule has 5 nitrogen and oxygen atoms in total. The largest absolute Gasteiger partial charge is 0.472 e. The van der Waals surface area contributed by atoms with Crippen LogP contribution in [0.15, 0.2) is 35.5 Å². The van der Waals surface area contributed by atoms with E-state index in [1.54, 1.807) is 29.1 Å². The molecule has 0 saturated carbocycles. The Morgan fingerprint density at radius 2 is 2.28 bits per heavy atom. The zero-order chi connectivity index (χ0) is 13.0. The third-order valence-electron chi connectivity index (χ3n) is 2.61. The summed E-state index contributed by atoms with van der Waals surface area (Å²) in [6.45, 7) is 2.27. The van der Waals surface area contributed by atoms with E-state index in [4.69, 9.17) is 4.74 Å². The molecule has 2 rings (SSSR count). The highest BCUT2D eigenvalue weighted by Crippen LogP contribution is 2.23. The maximum atomic E-state index is 10.4. The lowest BCUT2D eigenvalue weighted by Crippen LogP contribution is -1.99. The average molecular weight is 243 g/mol. The summed E-state index contributed by atoms with van der Waals surface area (Å²) >= 11 is 0. The second kappa shape index (κ2) is 5.29. The molecule has 1 aromatic heterocycles. The van der Waals surface area contributed by atoms with Crippen LogP contribution in [0.1, 0.15) is 11.1 Å². The van der Waals surface area contributed by atoms with Gasteiger partial charge in [-0.2, -0.15) is 4.99 Å². The second-order valence-electron chi connectivity index (χ2n) is 3.89. The highest BCUT2D eigenvalue weighted by atomic mass is 16.5. The normalized spacial score (nSPS) is 9.89. The summed E-state index contributed by atoms with van der Waals surface area (Å²) in [5.41, 5.74) is 2.47. The number of aliphatic imine (C=N–C) groups is 1. The van der Waals surface area contributed by atoms with Crippen molar-refractivity contribution in [3.05, 3.63) is 41.6 Å². The van der Waals surface area contributed by atoms with Gasteiger partial charge in [-0.25, -0.2) is 4.79 Å². The van der Waals surface area contributed by atoms with Gasteiger partial charge in [-0.1, -0.05) is 12.1 Å². The monoisotopic (exact) mass is 243 g/mol. The van der Waals surface area contributed by atoms with E-state index < -0.39 is 0 Å². The number of hydrogen-bond acceptors (Lipinski definition) is 4. The van der Waals surface area contributed by atoms with E-state index in [0.717, 1.165) is 11.1 Å². The van der Waals surface area contributed by atoms with Crippen molar-refractivity contribution in [2.45, 2.75) is 13.5 Å². The molecule has 0 saturated heterocycles. The molecule has 5 heteroatoms. The Labute approximate surface area is 105 Å². The van der Waals surface area contributed by atoms with E-state index in [0.29, 0.717) is 18.2 Å². The first kappa shape index (κ1) is 12.1. The van der Waals surface area contributed by atoms with Crippen molar-refractivity contribution in [1.82, 2.24) is 9.78 Å². The molecule has 1 aromatic carbocycles. The van der Waals surface area contributed by atoms with Gasteiger partial charge in [-0.3, -0.25) is 4.68 Å². The molecule has 0 bridgehead atoms. The fourth-order valence-electron chi connectivity index (χ4n) is 1.65. The van der Waals surface area contributed by atoms with Crippen LogP contribution < -0.4 is 4.74 Å². The molecule has 0 unspecified atom stereocenters. The van der Waals surface area contributed by atoms with Crippen molar-refractivity contribution < 1.29 is 9.53 Å². The maximum Gasteiger partial charge on any atom is 0.240 e. The molecule has 0 spiro atoms. The highest BCUT2D eigenvalue weighted by molar-refractivity contribution is 5.55. The number of isocyanates is 1. The molecule has 0 aliphatic carbocycles. The lowest BCUT2D eigenvalue weighted by molar-refractivity contribution is 0.290. The van der Waals surface area contributed by atoms with E-state index >= 15 is 0 Å². The minimum Gasteiger partial charge on any atom is -0.472 e. The summed E-state index contributed by atoms with van der Waals surface area (Å²) in [7, 11) is 1.82. The van der Waals surface area contributed by atoms with Gasteiger partial charge in [-0.15, -0.1) is 5.10 Å². The van der Waals surface area contributed by atoms with Crippen LogP contribution in [0, 0.1) is 6.92 Å². The quantitative estimate of drug-likeness (QED) is 0.611. The summed E-state index contributed by atoms with van der Waals surface area (Å²) in [5.74, 6) is 0.543. The zero-order valence-corrected chi connectivity index (χ0v) is 10.3. The molecule has 18 heavy (non-hydrogen) atoms. The van der Waals surface area contributed by atoms with Crippen LogP contribution in [-0.2, 0) is 18.4 Å². The van der Waals surface area contributed by atoms with Crippen LogP contribution in [-0.4, -0.2) is 15.9 Å². The lowest BCUT2D eigenvalue weighted by atomic mass is 10.1. The first-order valence-electron chi connectivity index (χ1n) is 5.49. The molecule has 0 atom stereocenters. The summed E-state index contributed by atoms with van der Waals surface area (Å²) in [5, 5.41) is 4.12. The van der Waals surface area contributed by atoms with Gasteiger partial charge in [-0.05, 0) is 18.6 Å². The molecule has 0 radical (unpaired) electrons. The van der Waals surface area contributed by atoms with Crippen molar-refractivity contribution in [1.29, 1.82) is 0 Å². The van der Waals surface area contributed by atoms with Gasteiger partial charge in [0.2, 0.25) is 12.0 Å². The first-order chi connectivity index (χ1) is 8.70. The third-order valence-corrected chi connectivity index (χ3v) is 2.61. The summed E-state index contributed by atoms with van der Waals surface area (Å²) < 4.78 is 7.22. The maximum absolute atomic E-state index is 10.4. The Bertz CT molecular complexity index is 598. The molecule has 92 valence electrons. The molecule has 0 amide bonds. The van der Waals surface area contributed by atoms with Gasteiger partial charge in [0.25, 0.3) is 0 Å². The average Bonchev–Trinajstić information content (AvgIpc) is 2.75. The number of aromatic nitrogens is 2. The van der Waals surface area contributed by atoms with Crippen LogP contribution in [0.2, 0.25) is 0 Å². The van der Waals surface area contributed by atoms with Crippen molar-refractivity contribution in [3.63, 3.8) is 0 Å². The number of hydrogen-bond donors (Lipinski definition) is 0. The minimum atomic E-state index is 0.324. The van der Waals surface area contributed by atoms with Gasteiger partial charge in [0.15, 0.2) is 0 Å². The Morgan fingerprint density at radius 3 is 2.94 bits per heavy atom. The number of nitrogens with zero attached hydrogens (tertiary/aromatic N) is 3. The second-order valence-corrected chi connectivity index (χ2v) is 3.89. The van der Waals surface area contributed by atoms with Gasteiger partial charge >= 0.3 is 0 Å². The number of carbonyl (C=O) groups excluding carboxylic acids is 1. The fourth-order valence-corrected chi connectivity index (χ4v) is 1.65. The molecular formula is C13H13N3O2. The number of benzene rings is 1. The van der Waals surface area contributed by atoms with Crippen LogP contribution in [0.3, 0.4) is 0 Å². The lowest BCUT2D eigenvalue weighted by Gasteiger charge is -2.08. The minimum absolute atomic E-state index is 0.324. The van der Waals surface area contributed by atoms with E-state index in [9.17, 15) is 4.79 Å². The zero-order valence-electron chi connectivity index (χ0n) is 10.3. The van der Waals surface area contributed by atoms with E-state index in [1.807, 2.05) is 26.1 Å². The van der Waals surface area contributed by atoms with Crippen LogP contribution in [0.4, 0.5) is 5.69 Å². The topological polar surface area (TPSA) is 56.5 Å². The Balaban J connectivity index is 2.20. The highest BCUT2D eigenvalue weighted by Gasteiger charge is 2.07. The van der Waals surface area contributed by atoms with Gasteiger partial charge in [0, 0.05) is 24.9 Å². The van der Waals surface area contributed by atoms with E-state index in [2.05, 4.69) is 10.1 Å². The van der Waals surface area contributed by atoms with Gasteiger partial charge in [0.05, 0.1) is 5.69 Å². The van der Waals surface area contributed by atoms with Crippen LogP contribution >= 0.6 is 0 Å². The standard InChI is InChI=1S/C13H13N3O2/c1-10-4-3-5-12(14-9-17)11(10)8-18-13-6-7-16(2)15-13/h3-7H,8H2,1-2H3. The Morgan fingerprint density at radius 1 is 1.44 bits per heavy atom. The SMILES string of the molecule is Cc1cccc(N=C=O)c1COc1ccn(C)n1. The Kier molecular flexibility index (Phi) is 3.55. The van der Waals surface area contributed by atoms with Crippen molar-refractivity contribution in [2.75, 3.05) is 0 Å². The first-order valence-corrected chi connectivity index (χ1v) is 5.49. The molecule has 1 heterocycles. The van der Waals surface area contributed by atoms with Crippen LogP contribution in [0.5, 0.6) is 5.88 Å².